The Hall–Kier alpha value is -1.32. The molecule has 1 aliphatic rings. The fraction of sp³-hybridized carbons (Fsp3) is 0.600. The Morgan fingerprint density at radius 2 is 2.43 bits per heavy atom. The quantitative estimate of drug-likeness (QED) is 0.510. The highest BCUT2D eigenvalue weighted by Crippen LogP contribution is 2.32. The van der Waals surface area contributed by atoms with Crippen molar-refractivity contribution in [1.29, 1.82) is 0 Å². The Kier molecular flexibility index (Phi) is 2.93. The van der Waals surface area contributed by atoms with Crippen molar-refractivity contribution in [3.63, 3.8) is 0 Å². The van der Waals surface area contributed by atoms with Gasteiger partial charge in [0.25, 0.3) is 5.60 Å². The van der Waals surface area contributed by atoms with E-state index in [1.54, 1.807) is 6.92 Å². The maximum Gasteiger partial charge on any atom is 0.357 e. The maximum atomic E-state index is 11.6. The molecule has 1 unspecified atom stereocenters. The van der Waals surface area contributed by atoms with E-state index in [1.165, 1.54) is 7.11 Å². The van der Waals surface area contributed by atoms with E-state index in [4.69, 9.17) is 9.57 Å². The lowest BCUT2D eigenvalue weighted by Crippen LogP contribution is -2.40. The van der Waals surface area contributed by atoms with Crippen LogP contribution in [0.3, 0.4) is 0 Å². The molecule has 1 atom stereocenters. The van der Waals surface area contributed by atoms with Crippen LogP contribution in [0.2, 0.25) is 0 Å². The number of rotatable bonds is 3. The first-order chi connectivity index (χ1) is 6.56. The Balaban J connectivity index is 2.90. The van der Waals surface area contributed by atoms with Gasteiger partial charge in [0.2, 0.25) is 0 Å². The van der Waals surface area contributed by atoms with Crippen LogP contribution in [0.5, 0.6) is 0 Å². The zero-order valence-corrected chi connectivity index (χ0v) is 8.79. The van der Waals surface area contributed by atoms with Crippen LogP contribution in [-0.4, -0.2) is 24.4 Å². The molecule has 0 N–H and O–H groups in total. The normalized spacial score (nSPS) is 25.2. The zero-order valence-electron chi connectivity index (χ0n) is 8.79. The molecule has 0 bridgehead atoms. The molecule has 0 saturated heterocycles. The number of nitrogens with zero attached hydrogens (tertiary/aromatic N) is 1. The molecular weight excluding hydrogens is 182 g/mol. The molecule has 0 fully saturated rings. The average molecular weight is 197 g/mol. The van der Waals surface area contributed by atoms with Gasteiger partial charge in [0, 0.05) is 6.42 Å². The van der Waals surface area contributed by atoms with Gasteiger partial charge in [0.15, 0.2) is 0 Å². The number of methoxy groups -OCH3 is 1. The van der Waals surface area contributed by atoms with Gasteiger partial charge >= 0.3 is 5.97 Å². The molecule has 0 radical (unpaired) electrons. The van der Waals surface area contributed by atoms with Gasteiger partial charge in [-0.1, -0.05) is 18.7 Å². The number of ether oxygens (including phenoxy) is 1. The molecule has 0 saturated carbocycles. The van der Waals surface area contributed by atoms with Crippen molar-refractivity contribution in [2.45, 2.75) is 32.3 Å². The van der Waals surface area contributed by atoms with Crippen LogP contribution >= 0.6 is 0 Å². The second kappa shape index (κ2) is 3.82. The summed E-state index contributed by atoms with van der Waals surface area (Å²) in [6.45, 7) is 7.46. The molecule has 1 rings (SSSR count). The number of hydrogen-bond donors (Lipinski definition) is 0. The predicted octanol–water partition coefficient (Wildman–Crippen LogP) is 1.66. The van der Waals surface area contributed by atoms with E-state index in [9.17, 15) is 4.79 Å². The summed E-state index contributed by atoms with van der Waals surface area (Å²) in [5, 5.41) is 3.85. The fourth-order valence-corrected chi connectivity index (χ4v) is 1.36. The Labute approximate surface area is 83.6 Å². The van der Waals surface area contributed by atoms with E-state index in [-0.39, 0.29) is 0 Å². The lowest BCUT2D eigenvalue weighted by Gasteiger charge is -2.23. The highest BCUT2D eigenvalue weighted by molar-refractivity contribution is 5.95. The van der Waals surface area contributed by atoms with E-state index in [0.29, 0.717) is 12.0 Å². The van der Waals surface area contributed by atoms with E-state index in [1.807, 2.05) is 6.92 Å². The lowest BCUT2D eigenvalue weighted by atomic mass is 9.90. The third-order valence-corrected chi connectivity index (χ3v) is 2.40. The highest BCUT2D eigenvalue weighted by Gasteiger charge is 2.48. The average Bonchev–Trinajstić information content (AvgIpc) is 2.61. The first-order valence-corrected chi connectivity index (χ1v) is 4.55. The number of esters is 1. The van der Waals surface area contributed by atoms with Gasteiger partial charge in [-0.2, -0.15) is 0 Å². The number of oxime groups is 1. The monoisotopic (exact) mass is 197 g/mol. The Morgan fingerprint density at radius 1 is 1.79 bits per heavy atom. The standard InChI is InChI=1S/C10H15NO3/c1-5-8-6-10(7(2)3,14-11-8)9(12)13-4/h2,5-6H2,1,3-4H3. The first-order valence-electron chi connectivity index (χ1n) is 4.55. The number of carbonyl (C=O) groups excluding carboxylic acids is 1. The van der Waals surface area contributed by atoms with Crippen molar-refractivity contribution in [1.82, 2.24) is 0 Å². The van der Waals surface area contributed by atoms with Gasteiger partial charge < -0.3 is 9.57 Å². The third kappa shape index (κ3) is 1.52. The molecule has 0 aliphatic carbocycles. The van der Waals surface area contributed by atoms with E-state index in [2.05, 4.69) is 11.7 Å². The topological polar surface area (TPSA) is 47.9 Å². The highest BCUT2D eigenvalue weighted by atomic mass is 16.7. The van der Waals surface area contributed by atoms with Crippen LogP contribution in [0.25, 0.3) is 0 Å². The molecule has 78 valence electrons. The van der Waals surface area contributed by atoms with Crippen molar-refractivity contribution in [3.05, 3.63) is 12.2 Å². The summed E-state index contributed by atoms with van der Waals surface area (Å²) < 4.78 is 4.69. The Morgan fingerprint density at radius 3 is 2.79 bits per heavy atom. The second-order valence-electron chi connectivity index (χ2n) is 3.38. The van der Waals surface area contributed by atoms with Gasteiger partial charge in [-0.15, -0.1) is 0 Å². The largest absolute Gasteiger partial charge is 0.466 e. The van der Waals surface area contributed by atoms with Crippen molar-refractivity contribution in [3.8, 4) is 0 Å². The van der Waals surface area contributed by atoms with Gasteiger partial charge in [-0.05, 0) is 18.9 Å². The van der Waals surface area contributed by atoms with Gasteiger partial charge in [0.05, 0.1) is 12.8 Å². The van der Waals surface area contributed by atoms with Crippen molar-refractivity contribution in [2.24, 2.45) is 5.16 Å². The van der Waals surface area contributed by atoms with Crippen LogP contribution in [-0.2, 0) is 14.4 Å². The smallest absolute Gasteiger partial charge is 0.357 e. The predicted molar refractivity (Wildman–Crippen MR) is 53.0 cm³/mol. The van der Waals surface area contributed by atoms with Crippen LogP contribution in [0, 0.1) is 0 Å². The van der Waals surface area contributed by atoms with Crippen LogP contribution < -0.4 is 0 Å². The molecule has 0 aromatic carbocycles. The minimum Gasteiger partial charge on any atom is -0.466 e. The molecule has 0 aromatic rings. The first kappa shape index (κ1) is 10.8. The molecule has 0 amide bonds. The van der Waals surface area contributed by atoms with E-state index < -0.39 is 11.6 Å². The van der Waals surface area contributed by atoms with Gasteiger partial charge in [-0.3, -0.25) is 0 Å². The third-order valence-electron chi connectivity index (χ3n) is 2.40. The van der Waals surface area contributed by atoms with Crippen LogP contribution in [0.15, 0.2) is 17.3 Å². The molecule has 4 heteroatoms. The van der Waals surface area contributed by atoms with E-state index in [0.717, 1.165) is 12.1 Å². The summed E-state index contributed by atoms with van der Waals surface area (Å²) in [6, 6.07) is 0. The van der Waals surface area contributed by atoms with Crippen LogP contribution in [0.4, 0.5) is 0 Å². The molecule has 4 nitrogen and oxygen atoms in total. The summed E-state index contributed by atoms with van der Waals surface area (Å²) in [5.74, 6) is -0.433. The van der Waals surface area contributed by atoms with Crippen LogP contribution in [0.1, 0.15) is 26.7 Å². The minimum atomic E-state index is -1.08. The second-order valence-corrected chi connectivity index (χ2v) is 3.38. The van der Waals surface area contributed by atoms with Crippen molar-refractivity contribution in [2.75, 3.05) is 7.11 Å². The number of hydrogen-bond acceptors (Lipinski definition) is 4. The summed E-state index contributed by atoms with van der Waals surface area (Å²) >= 11 is 0. The summed E-state index contributed by atoms with van der Waals surface area (Å²) in [5.41, 5.74) is 0.398. The molecule has 0 spiro atoms. The van der Waals surface area contributed by atoms with Gasteiger partial charge in [0.1, 0.15) is 0 Å². The molecule has 1 heterocycles. The lowest BCUT2D eigenvalue weighted by molar-refractivity contribution is -0.161. The minimum absolute atomic E-state index is 0.433. The SMILES string of the molecule is C=C(C)C1(C(=O)OC)CC(CC)=NO1. The number of carbonyl (C=O) groups is 1. The Bertz CT molecular complexity index is 296. The van der Waals surface area contributed by atoms with E-state index >= 15 is 0 Å². The van der Waals surface area contributed by atoms with Crippen molar-refractivity contribution < 1.29 is 14.4 Å². The van der Waals surface area contributed by atoms with Crippen molar-refractivity contribution >= 4 is 11.7 Å². The summed E-state index contributed by atoms with van der Waals surface area (Å²) in [6.07, 6.45) is 1.22. The molecule has 1 aliphatic heterocycles. The summed E-state index contributed by atoms with van der Waals surface area (Å²) in [4.78, 5) is 16.7. The molecular formula is C10H15NO3. The van der Waals surface area contributed by atoms with Gasteiger partial charge in [-0.25, -0.2) is 4.79 Å². The zero-order chi connectivity index (χ0) is 10.8. The molecule has 0 aromatic heterocycles. The summed E-state index contributed by atoms with van der Waals surface area (Å²) in [7, 11) is 1.33. The molecule has 14 heavy (non-hydrogen) atoms. The maximum absolute atomic E-state index is 11.6. The fourth-order valence-electron chi connectivity index (χ4n) is 1.36.